The van der Waals surface area contributed by atoms with Crippen LogP contribution in [0.25, 0.3) is 0 Å². The summed E-state index contributed by atoms with van der Waals surface area (Å²) in [5.74, 6) is 1.93. The minimum atomic E-state index is -3.63. The lowest BCUT2D eigenvalue weighted by molar-refractivity contribution is -0.131. The minimum absolute atomic E-state index is 0.0471. The van der Waals surface area contributed by atoms with Crippen LogP contribution in [0.4, 0.5) is 5.82 Å². The second-order valence-corrected chi connectivity index (χ2v) is 10.4. The molecular formula is C23H33N5O3S. The number of aryl methyl sites for hydroxylation is 3. The van der Waals surface area contributed by atoms with Crippen molar-refractivity contribution in [1.29, 1.82) is 0 Å². The molecule has 8 nitrogen and oxygen atoms in total. The fourth-order valence-corrected chi connectivity index (χ4v) is 4.71. The van der Waals surface area contributed by atoms with Gasteiger partial charge in [-0.2, -0.15) is 0 Å². The van der Waals surface area contributed by atoms with Gasteiger partial charge < -0.3 is 9.80 Å². The van der Waals surface area contributed by atoms with Gasteiger partial charge in [0.2, 0.25) is 15.9 Å². The molecule has 9 heteroatoms. The van der Waals surface area contributed by atoms with Crippen LogP contribution in [0.3, 0.4) is 0 Å². The summed E-state index contributed by atoms with van der Waals surface area (Å²) in [5.41, 5.74) is 2.89. The third-order valence-electron chi connectivity index (χ3n) is 5.75. The molecule has 1 aliphatic heterocycles. The first-order chi connectivity index (χ1) is 15.1. The Kier molecular flexibility index (Phi) is 7.51. The summed E-state index contributed by atoms with van der Waals surface area (Å²) in [4.78, 5) is 26.0. The summed E-state index contributed by atoms with van der Waals surface area (Å²) >= 11 is 0. The van der Waals surface area contributed by atoms with Gasteiger partial charge in [0.25, 0.3) is 0 Å². The van der Waals surface area contributed by atoms with E-state index in [-0.39, 0.29) is 29.7 Å². The maximum atomic E-state index is 12.6. The summed E-state index contributed by atoms with van der Waals surface area (Å²) in [6.07, 6.45) is 0.133. The van der Waals surface area contributed by atoms with Gasteiger partial charge in [-0.05, 0) is 44.0 Å². The molecule has 1 amide bonds. The van der Waals surface area contributed by atoms with Crippen LogP contribution in [0, 0.1) is 20.8 Å². The number of benzene rings is 1. The molecule has 0 saturated carbocycles. The van der Waals surface area contributed by atoms with E-state index in [9.17, 15) is 13.2 Å². The molecule has 1 N–H and O–H groups in total. The van der Waals surface area contributed by atoms with Crippen LogP contribution < -0.4 is 9.62 Å². The van der Waals surface area contributed by atoms with Crippen molar-refractivity contribution in [1.82, 2.24) is 19.6 Å². The molecule has 174 valence electrons. The molecule has 0 atom stereocenters. The van der Waals surface area contributed by atoms with Gasteiger partial charge in [-0.25, -0.2) is 23.1 Å². The molecule has 2 heterocycles. The molecule has 1 aliphatic rings. The van der Waals surface area contributed by atoms with Crippen molar-refractivity contribution < 1.29 is 13.2 Å². The largest absolute Gasteiger partial charge is 0.353 e. The summed E-state index contributed by atoms with van der Waals surface area (Å²) in [6.45, 7) is 12.6. The molecule has 0 bridgehead atoms. The van der Waals surface area contributed by atoms with Gasteiger partial charge in [-0.3, -0.25) is 4.79 Å². The van der Waals surface area contributed by atoms with E-state index in [1.807, 2.05) is 26.8 Å². The Labute approximate surface area is 191 Å². The van der Waals surface area contributed by atoms with E-state index in [1.54, 1.807) is 23.1 Å². The second kappa shape index (κ2) is 9.95. The fourth-order valence-electron chi connectivity index (χ4n) is 3.59. The normalized spacial score (nSPS) is 14.8. The van der Waals surface area contributed by atoms with E-state index >= 15 is 0 Å². The Balaban J connectivity index is 1.51. The lowest BCUT2D eigenvalue weighted by Crippen LogP contribution is -2.49. The zero-order valence-electron chi connectivity index (χ0n) is 19.6. The SMILES string of the molecule is Cc1cc(N2CCN(C(=O)CCNS(=O)(=O)c3ccc(C)c(C)c3)CC2)nc(C(C)C)n1. The molecule has 1 aromatic carbocycles. The quantitative estimate of drug-likeness (QED) is 0.684. The maximum Gasteiger partial charge on any atom is 0.240 e. The lowest BCUT2D eigenvalue weighted by atomic mass is 10.1. The molecule has 0 unspecified atom stereocenters. The number of nitrogens with zero attached hydrogens (tertiary/aromatic N) is 4. The maximum absolute atomic E-state index is 12.6. The number of carbonyl (C=O) groups excluding carboxylic acids is 1. The summed E-state index contributed by atoms with van der Waals surface area (Å²) in [5, 5.41) is 0. The Morgan fingerprint density at radius 3 is 2.34 bits per heavy atom. The van der Waals surface area contributed by atoms with Crippen molar-refractivity contribution in [3.05, 3.63) is 46.9 Å². The third-order valence-corrected chi connectivity index (χ3v) is 7.21. The number of carbonyl (C=O) groups is 1. The first kappa shape index (κ1) is 24.1. The Morgan fingerprint density at radius 1 is 1.03 bits per heavy atom. The van der Waals surface area contributed by atoms with E-state index in [2.05, 4.69) is 33.4 Å². The zero-order chi connectivity index (χ0) is 23.5. The monoisotopic (exact) mass is 459 g/mol. The molecule has 2 aromatic rings. The average Bonchev–Trinajstić information content (AvgIpc) is 2.75. The van der Waals surface area contributed by atoms with Crippen LogP contribution >= 0.6 is 0 Å². The summed E-state index contributed by atoms with van der Waals surface area (Å²) < 4.78 is 27.5. The highest BCUT2D eigenvalue weighted by molar-refractivity contribution is 7.89. The van der Waals surface area contributed by atoms with Crippen molar-refractivity contribution in [2.24, 2.45) is 0 Å². The van der Waals surface area contributed by atoms with Gasteiger partial charge in [0, 0.05) is 56.8 Å². The van der Waals surface area contributed by atoms with Crippen LogP contribution in [-0.2, 0) is 14.8 Å². The van der Waals surface area contributed by atoms with Crippen LogP contribution in [-0.4, -0.2) is 61.9 Å². The van der Waals surface area contributed by atoms with E-state index < -0.39 is 10.0 Å². The molecule has 3 rings (SSSR count). The number of nitrogens with one attached hydrogen (secondary N) is 1. The van der Waals surface area contributed by atoms with Crippen LogP contribution in [0.15, 0.2) is 29.2 Å². The fraction of sp³-hybridized carbons (Fsp3) is 0.522. The van der Waals surface area contributed by atoms with Gasteiger partial charge in [-0.15, -0.1) is 0 Å². The highest BCUT2D eigenvalue weighted by atomic mass is 32.2. The second-order valence-electron chi connectivity index (χ2n) is 8.64. The Bertz CT molecular complexity index is 1080. The highest BCUT2D eigenvalue weighted by Gasteiger charge is 2.23. The van der Waals surface area contributed by atoms with E-state index in [1.165, 1.54) is 0 Å². The predicted octanol–water partition coefficient (Wildman–Crippen LogP) is 2.54. The van der Waals surface area contributed by atoms with Crippen LogP contribution in [0.2, 0.25) is 0 Å². The van der Waals surface area contributed by atoms with Crippen molar-refractivity contribution >= 4 is 21.7 Å². The number of piperazine rings is 1. The molecule has 32 heavy (non-hydrogen) atoms. The van der Waals surface area contributed by atoms with Crippen molar-refractivity contribution in [2.75, 3.05) is 37.6 Å². The molecule has 1 fully saturated rings. The van der Waals surface area contributed by atoms with E-state index in [0.717, 1.165) is 28.5 Å². The molecule has 0 spiro atoms. The molecule has 0 aliphatic carbocycles. The molecule has 0 radical (unpaired) electrons. The Hall–Kier alpha value is -2.52. The van der Waals surface area contributed by atoms with Crippen LogP contribution in [0.5, 0.6) is 0 Å². The number of sulfonamides is 1. The first-order valence-electron chi connectivity index (χ1n) is 11.0. The summed E-state index contributed by atoms with van der Waals surface area (Å²) in [6, 6.07) is 7.01. The standard InChI is InChI=1S/C23H33N5O3S/c1-16(2)23-25-19(5)15-21(26-23)27-10-12-28(13-11-27)22(29)8-9-24-32(30,31)20-7-6-17(3)18(4)14-20/h6-7,14-16,24H,8-13H2,1-5H3. The minimum Gasteiger partial charge on any atom is -0.353 e. The smallest absolute Gasteiger partial charge is 0.240 e. The Morgan fingerprint density at radius 2 is 1.72 bits per heavy atom. The number of aromatic nitrogens is 2. The van der Waals surface area contributed by atoms with Crippen LogP contribution in [0.1, 0.15) is 48.8 Å². The lowest BCUT2D eigenvalue weighted by Gasteiger charge is -2.35. The average molecular weight is 460 g/mol. The topological polar surface area (TPSA) is 95.5 Å². The first-order valence-corrected chi connectivity index (χ1v) is 12.5. The number of hydrogen-bond acceptors (Lipinski definition) is 6. The molecule has 1 aromatic heterocycles. The number of rotatable bonds is 7. The van der Waals surface area contributed by atoms with Crippen molar-refractivity contribution in [3.63, 3.8) is 0 Å². The van der Waals surface area contributed by atoms with E-state index in [0.29, 0.717) is 26.2 Å². The van der Waals surface area contributed by atoms with Gasteiger partial charge >= 0.3 is 0 Å². The number of amides is 1. The number of hydrogen-bond donors (Lipinski definition) is 1. The zero-order valence-corrected chi connectivity index (χ0v) is 20.4. The molecule has 1 saturated heterocycles. The van der Waals surface area contributed by atoms with Gasteiger partial charge in [0.05, 0.1) is 4.90 Å². The summed E-state index contributed by atoms with van der Waals surface area (Å²) in [7, 11) is -3.63. The van der Waals surface area contributed by atoms with Crippen molar-refractivity contribution in [2.45, 2.75) is 51.9 Å². The highest BCUT2D eigenvalue weighted by Crippen LogP contribution is 2.19. The van der Waals surface area contributed by atoms with Crippen molar-refractivity contribution in [3.8, 4) is 0 Å². The van der Waals surface area contributed by atoms with E-state index in [4.69, 9.17) is 0 Å². The van der Waals surface area contributed by atoms with Gasteiger partial charge in [0.1, 0.15) is 11.6 Å². The van der Waals surface area contributed by atoms with Gasteiger partial charge in [0.15, 0.2) is 0 Å². The predicted molar refractivity (Wildman–Crippen MR) is 125 cm³/mol. The number of anilines is 1. The van der Waals surface area contributed by atoms with Gasteiger partial charge in [-0.1, -0.05) is 19.9 Å². The molecular weight excluding hydrogens is 426 g/mol. The third kappa shape index (κ3) is 5.83.